The molecule has 0 spiro atoms. The molecule has 0 aliphatic carbocycles. The van der Waals surface area contributed by atoms with E-state index in [2.05, 4.69) is 10.1 Å². The number of methoxy groups -OCH3 is 1. The van der Waals surface area contributed by atoms with Crippen molar-refractivity contribution in [3.8, 4) is 0 Å². The van der Waals surface area contributed by atoms with Crippen LogP contribution < -0.4 is 5.32 Å². The van der Waals surface area contributed by atoms with Crippen LogP contribution in [0.5, 0.6) is 0 Å². The Morgan fingerprint density at radius 3 is 2.67 bits per heavy atom. The lowest BCUT2D eigenvalue weighted by molar-refractivity contribution is -0.162. The molecule has 0 heterocycles. The summed E-state index contributed by atoms with van der Waals surface area (Å²) in [5.74, 6) is -0.594. The first-order valence-corrected chi connectivity index (χ1v) is 5.08. The van der Waals surface area contributed by atoms with Crippen molar-refractivity contribution in [2.24, 2.45) is 0 Å². The van der Waals surface area contributed by atoms with Gasteiger partial charge >= 0.3 is 5.97 Å². The molecule has 5 nitrogen and oxygen atoms in total. The van der Waals surface area contributed by atoms with Crippen LogP contribution in [0, 0.1) is 0 Å². The monoisotopic (exact) mass is 218 g/mol. The van der Waals surface area contributed by atoms with Gasteiger partial charge in [0.25, 0.3) is 0 Å². The lowest BCUT2D eigenvalue weighted by Gasteiger charge is -2.26. The van der Waals surface area contributed by atoms with Crippen molar-refractivity contribution in [2.75, 3.05) is 40.8 Å². The normalized spacial score (nSPS) is 15.1. The van der Waals surface area contributed by atoms with E-state index in [0.29, 0.717) is 0 Å². The maximum Gasteiger partial charge on any atom is 0.338 e. The van der Waals surface area contributed by atoms with Crippen LogP contribution in [0.3, 0.4) is 0 Å². The van der Waals surface area contributed by atoms with Crippen molar-refractivity contribution in [3.05, 3.63) is 0 Å². The van der Waals surface area contributed by atoms with E-state index in [1.165, 1.54) is 14.0 Å². The molecule has 0 rings (SSSR count). The Balaban J connectivity index is 3.93. The Morgan fingerprint density at radius 2 is 2.20 bits per heavy atom. The predicted octanol–water partition coefficient (Wildman–Crippen LogP) is -0.548. The molecular formula is C10H22N2O3. The van der Waals surface area contributed by atoms with Gasteiger partial charge in [0.15, 0.2) is 5.60 Å². The molecule has 0 aromatic heterocycles. The van der Waals surface area contributed by atoms with Crippen LogP contribution in [-0.2, 0) is 9.53 Å². The summed E-state index contributed by atoms with van der Waals surface area (Å²) >= 11 is 0. The number of hydrogen-bond donors (Lipinski definition) is 2. The van der Waals surface area contributed by atoms with Gasteiger partial charge in [-0.1, -0.05) is 0 Å². The highest BCUT2D eigenvalue weighted by molar-refractivity contribution is 5.78. The number of hydrogen-bond acceptors (Lipinski definition) is 5. The topological polar surface area (TPSA) is 61.8 Å². The second kappa shape index (κ2) is 6.76. The molecule has 0 saturated heterocycles. The summed E-state index contributed by atoms with van der Waals surface area (Å²) in [6.45, 7) is 3.50. The summed E-state index contributed by atoms with van der Waals surface area (Å²) in [4.78, 5) is 13.1. The van der Waals surface area contributed by atoms with E-state index in [0.717, 1.165) is 19.5 Å². The van der Waals surface area contributed by atoms with E-state index in [-0.39, 0.29) is 6.54 Å². The zero-order valence-corrected chi connectivity index (χ0v) is 10.0. The summed E-state index contributed by atoms with van der Waals surface area (Å²) in [5, 5.41) is 12.8. The number of nitrogens with one attached hydrogen (secondary N) is 1. The zero-order valence-electron chi connectivity index (χ0n) is 10.0. The number of ether oxygens (including phenoxy) is 1. The van der Waals surface area contributed by atoms with Gasteiger partial charge in [-0.25, -0.2) is 4.79 Å². The molecule has 0 aliphatic rings. The number of rotatable bonds is 7. The lowest BCUT2D eigenvalue weighted by atomic mass is 10.1. The van der Waals surface area contributed by atoms with Crippen molar-refractivity contribution in [3.63, 3.8) is 0 Å². The van der Waals surface area contributed by atoms with Crippen LogP contribution in [0.4, 0.5) is 0 Å². The third-order valence-electron chi connectivity index (χ3n) is 2.17. The van der Waals surface area contributed by atoms with Crippen LogP contribution in [-0.4, -0.2) is 62.4 Å². The van der Waals surface area contributed by atoms with E-state index in [9.17, 15) is 9.90 Å². The smallest absolute Gasteiger partial charge is 0.338 e. The minimum Gasteiger partial charge on any atom is -0.467 e. The summed E-state index contributed by atoms with van der Waals surface area (Å²) in [6.07, 6.45) is 0.976. The van der Waals surface area contributed by atoms with Gasteiger partial charge in [-0.3, -0.25) is 0 Å². The Hall–Kier alpha value is -0.650. The third-order valence-corrected chi connectivity index (χ3v) is 2.17. The second-order valence-electron chi connectivity index (χ2n) is 3.96. The Kier molecular flexibility index (Phi) is 6.47. The maximum absolute atomic E-state index is 11.2. The molecule has 1 unspecified atom stereocenters. The molecule has 1 atom stereocenters. The largest absolute Gasteiger partial charge is 0.467 e. The summed E-state index contributed by atoms with van der Waals surface area (Å²) in [6, 6.07) is 0. The molecule has 5 heteroatoms. The first-order chi connectivity index (χ1) is 6.94. The highest BCUT2D eigenvalue weighted by atomic mass is 16.5. The Bertz CT molecular complexity index is 195. The van der Waals surface area contributed by atoms with Gasteiger partial charge in [0.05, 0.1) is 7.11 Å². The SMILES string of the molecule is CNCCCN(C)CC(C)(O)C(=O)OC. The number of esters is 1. The van der Waals surface area contributed by atoms with Crippen molar-refractivity contribution < 1.29 is 14.6 Å². The zero-order chi connectivity index (χ0) is 11.9. The third kappa shape index (κ3) is 5.71. The van der Waals surface area contributed by atoms with Crippen LogP contribution in [0.1, 0.15) is 13.3 Å². The van der Waals surface area contributed by atoms with Gasteiger partial charge < -0.3 is 20.1 Å². The second-order valence-corrected chi connectivity index (χ2v) is 3.96. The molecule has 0 radical (unpaired) electrons. The number of carbonyl (C=O) groups excluding carboxylic acids is 1. The van der Waals surface area contributed by atoms with Crippen molar-refractivity contribution >= 4 is 5.97 Å². The number of carbonyl (C=O) groups is 1. The quantitative estimate of drug-likeness (QED) is 0.443. The molecule has 0 bridgehead atoms. The minimum absolute atomic E-state index is 0.281. The Labute approximate surface area is 91.4 Å². The van der Waals surface area contributed by atoms with Crippen LogP contribution in [0.2, 0.25) is 0 Å². The predicted molar refractivity (Wildman–Crippen MR) is 58.7 cm³/mol. The average Bonchev–Trinajstić information content (AvgIpc) is 2.16. The van der Waals surface area contributed by atoms with Gasteiger partial charge in [0.2, 0.25) is 0 Å². The molecular weight excluding hydrogens is 196 g/mol. The maximum atomic E-state index is 11.2. The van der Waals surface area contributed by atoms with Crippen LogP contribution >= 0.6 is 0 Å². The molecule has 90 valence electrons. The molecule has 0 aliphatic heterocycles. The lowest BCUT2D eigenvalue weighted by Crippen LogP contribution is -2.46. The highest BCUT2D eigenvalue weighted by Gasteiger charge is 2.32. The minimum atomic E-state index is -1.43. The summed E-state index contributed by atoms with van der Waals surface area (Å²) in [5.41, 5.74) is -1.43. The van der Waals surface area contributed by atoms with Crippen LogP contribution in [0.15, 0.2) is 0 Å². The van der Waals surface area contributed by atoms with E-state index in [1.54, 1.807) is 0 Å². The Morgan fingerprint density at radius 1 is 1.60 bits per heavy atom. The molecule has 0 amide bonds. The van der Waals surface area contributed by atoms with Crippen molar-refractivity contribution in [1.29, 1.82) is 0 Å². The molecule has 0 saturated carbocycles. The fourth-order valence-electron chi connectivity index (χ4n) is 1.41. The summed E-state index contributed by atoms with van der Waals surface area (Å²) in [7, 11) is 5.04. The molecule has 0 aromatic carbocycles. The standard InChI is InChI=1S/C10H22N2O3/c1-10(14,9(13)15-4)8-12(3)7-5-6-11-2/h11,14H,5-8H2,1-4H3. The van der Waals surface area contributed by atoms with Gasteiger partial charge in [0, 0.05) is 6.54 Å². The first kappa shape index (κ1) is 14.3. The van der Waals surface area contributed by atoms with E-state index < -0.39 is 11.6 Å². The molecule has 0 fully saturated rings. The van der Waals surface area contributed by atoms with Gasteiger partial charge in [-0.05, 0) is 40.5 Å². The number of nitrogens with zero attached hydrogens (tertiary/aromatic N) is 1. The number of likely N-dealkylation sites (N-methyl/N-ethyl adjacent to an activating group) is 1. The molecule has 0 aromatic rings. The summed E-state index contributed by atoms with van der Waals surface area (Å²) < 4.78 is 4.51. The van der Waals surface area contributed by atoms with Crippen LogP contribution in [0.25, 0.3) is 0 Å². The van der Waals surface area contributed by atoms with Gasteiger partial charge in [0.1, 0.15) is 0 Å². The highest BCUT2D eigenvalue weighted by Crippen LogP contribution is 2.07. The van der Waals surface area contributed by atoms with Gasteiger partial charge in [-0.15, -0.1) is 0 Å². The number of aliphatic hydroxyl groups is 1. The van der Waals surface area contributed by atoms with E-state index in [4.69, 9.17) is 0 Å². The van der Waals surface area contributed by atoms with E-state index >= 15 is 0 Å². The van der Waals surface area contributed by atoms with Gasteiger partial charge in [-0.2, -0.15) is 0 Å². The molecule has 2 N–H and O–H groups in total. The fraction of sp³-hybridized carbons (Fsp3) is 0.900. The van der Waals surface area contributed by atoms with E-state index in [1.807, 2.05) is 19.0 Å². The van der Waals surface area contributed by atoms with Crippen molar-refractivity contribution in [1.82, 2.24) is 10.2 Å². The van der Waals surface area contributed by atoms with Crippen molar-refractivity contribution in [2.45, 2.75) is 18.9 Å². The first-order valence-electron chi connectivity index (χ1n) is 5.08. The molecule has 15 heavy (non-hydrogen) atoms. The average molecular weight is 218 g/mol. The fourth-order valence-corrected chi connectivity index (χ4v) is 1.41.